The number of nitrogens with two attached hydrogens (primary N) is 1. The van der Waals surface area contributed by atoms with E-state index in [1.807, 2.05) is 4.90 Å². The molecule has 1 aliphatic heterocycles. The minimum Gasteiger partial charge on any atom is -0.335 e. The van der Waals surface area contributed by atoms with Gasteiger partial charge in [-0.2, -0.15) is 0 Å². The number of carbonyl (C=O) groups is 1. The Morgan fingerprint density at radius 3 is 2.56 bits per heavy atom. The lowest BCUT2D eigenvalue weighted by Gasteiger charge is -2.33. The Labute approximate surface area is 106 Å². The number of anilines is 1. The number of likely N-dealkylation sites (N-methyl/N-ethyl adjacent to an activating group) is 1. The molecule has 98 valence electrons. The molecule has 1 aromatic heterocycles. The van der Waals surface area contributed by atoms with E-state index < -0.39 is 0 Å². The molecule has 1 aromatic rings. The molecule has 7 heteroatoms. The lowest BCUT2D eigenvalue weighted by Crippen LogP contribution is -2.48. The molecule has 0 spiro atoms. The van der Waals surface area contributed by atoms with E-state index >= 15 is 0 Å². The maximum Gasteiger partial charge on any atom is 0.274 e. The Balaban J connectivity index is 1.98. The number of aromatic nitrogens is 2. The first-order valence-electron chi connectivity index (χ1n) is 6.06. The Kier molecular flexibility index (Phi) is 4.06. The molecule has 0 unspecified atom stereocenters. The van der Waals surface area contributed by atoms with E-state index in [2.05, 4.69) is 27.4 Å². The number of rotatable bonds is 3. The molecule has 1 amide bonds. The van der Waals surface area contributed by atoms with Gasteiger partial charge in [0.15, 0.2) is 11.5 Å². The molecule has 7 nitrogen and oxygen atoms in total. The summed E-state index contributed by atoms with van der Waals surface area (Å²) in [5, 5.41) is 7.67. The number of nitrogens with one attached hydrogen (secondary N) is 1. The van der Waals surface area contributed by atoms with E-state index in [0.29, 0.717) is 11.5 Å². The Bertz CT molecular complexity index is 398. The van der Waals surface area contributed by atoms with E-state index in [9.17, 15) is 4.79 Å². The van der Waals surface area contributed by atoms with Crippen molar-refractivity contribution in [2.45, 2.75) is 6.92 Å². The van der Waals surface area contributed by atoms with Crippen molar-refractivity contribution in [3.63, 3.8) is 0 Å². The van der Waals surface area contributed by atoms with Crippen LogP contribution in [-0.2, 0) is 0 Å². The van der Waals surface area contributed by atoms with Crippen LogP contribution in [-0.4, -0.2) is 58.6 Å². The summed E-state index contributed by atoms with van der Waals surface area (Å²) in [4.78, 5) is 16.3. The van der Waals surface area contributed by atoms with Crippen LogP contribution in [0.3, 0.4) is 0 Å². The van der Waals surface area contributed by atoms with Crippen LogP contribution < -0.4 is 11.3 Å². The summed E-state index contributed by atoms with van der Waals surface area (Å²) in [6.45, 7) is 6.47. The molecule has 2 rings (SSSR count). The van der Waals surface area contributed by atoms with Gasteiger partial charge >= 0.3 is 0 Å². The fraction of sp³-hybridized carbons (Fsp3) is 0.545. The number of hydrogen-bond donors (Lipinski definition) is 2. The van der Waals surface area contributed by atoms with Gasteiger partial charge in [-0.1, -0.05) is 6.92 Å². The molecule has 1 aliphatic rings. The zero-order valence-corrected chi connectivity index (χ0v) is 10.5. The Morgan fingerprint density at radius 2 is 2.06 bits per heavy atom. The maximum atomic E-state index is 12.1. The van der Waals surface area contributed by atoms with Gasteiger partial charge < -0.3 is 15.2 Å². The van der Waals surface area contributed by atoms with Crippen molar-refractivity contribution in [2.24, 2.45) is 5.84 Å². The van der Waals surface area contributed by atoms with Gasteiger partial charge in [0.2, 0.25) is 0 Å². The summed E-state index contributed by atoms with van der Waals surface area (Å²) < 4.78 is 0. The number of carbonyl (C=O) groups excluding carboxylic acids is 1. The van der Waals surface area contributed by atoms with Gasteiger partial charge in [-0.3, -0.25) is 4.79 Å². The van der Waals surface area contributed by atoms with Gasteiger partial charge in [0.1, 0.15) is 0 Å². The van der Waals surface area contributed by atoms with Crippen molar-refractivity contribution < 1.29 is 4.79 Å². The van der Waals surface area contributed by atoms with Crippen LogP contribution in [0.25, 0.3) is 0 Å². The molecule has 2 heterocycles. The molecule has 0 saturated carbocycles. The molecule has 1 fully saturated rings. The molecule has 18 heavy (non-hydrogen) atoms. The minimum absolute atomic E-state index is 0.0678. The molecule has 0 bridgehead atoms. The van der Waals surface area contributed by atoms with E-state index in [-0.39, 0.29) is 5.91 Å². The first-order valence-corrected chi connectivity index (χ1v) is 6.06. The predicted octanol–water partition coefficient (Wildman–Crippen LogP) is -0.460. The Hall–Kier alpha value is -1.73. The molecular formula is C11H18N6O. The first kappa shape index (κ1) is 12.7. The molecular weight excluding hydrogens is 232 g/mol. The van der Waals surface area contributed by atoms with E-state index in [1.165, 1.54) is 0 Å². The number of hydrogen-bond acceptors (Lipinski definition) is 6. The summed E-state index contributed by atoms with van der Waals surface area (Å²) in [6.07, 6.45) is 0. The normalized spacial score (nSPS) is 16.7. The van der Waals surface area contributed by atoms with Gasteiger partial charge in [-0.25, -0.2) is 5.84 Å². The predicted molar refractivity (Wildman–Crippen MR) is 67.9 cm³/mol. The SMILES string of the molecule is CCN1CCN(C(=O)c2ccc(NN)nn2)CC1. The highest BCUT2D eigenvalue weighted by atomic mass is 16.2. The average Bonchev–Trinajstić information content (AvgIpc) is 2.47. The van der Waals surface area contributed by atoms with Gasteiger partial charge in [0.25, 0.3) is 5.91 Å². The Morgan fingerprint density at radius 1 is 1.33 bits per heavy atom. The highest BCUT2D eigenvalue weighted by Crippen LogP contribution is 2.07. The van der Waals surface area contributed by atoms with Crippen LogP contribution >= 0.6 is 0 Å². The second kappa shape index (κ2) is 5.74. The van der Waals surface area contributed by atoms with Crippen LogP contribution in [0.1, 0.15) is 17.4 Å². The van der Waals surface area contributed by atoms with Gasteiger partial charge in [-0.05, 0) is 18.7 Å². The third-order valence-corrected chi connectivity index (χ3v) is 3.14. The van der Waals surface area contributed by atoms with E-state index in [4.69, 9.17) is 5.84 Å². The van der Waals surface area contributed by atoms with Crippen molar-refractivity contribution in [1.82, 2.24) is 20.0 Å². The minimum atomic E-state index is -0.0678. The standard InChI is InChI=1S/C11H18N6O/c1-2-16-5-7-17(8-6-16)11(18)9-3-4-10(13-12)15-14-9/h3-4H,2,5-8,12H2,1H3,(H,13,15). The van der Waals surface area contributed by atoms with Gasteiger partial charge in [0, 0.05) is 26.2 Å². The lowest BCUT2D eigenvalue weighted by atomic mass is 10.2. The summed E-state index contributed by atoms with van der Waals surface area (Å²) in [5.41, 5.74) is 2.74. The zero-order valence-electron chi connectivity index (χ0n) is 10.5. The first-order chi connectivity index (χ1) is 8.74. The van der Waals surface area contributed by atoms with Crippen molar-refractivity contribution in [1.29, 1.82) is 0 Å². The quantitative estimate of drug-likeness (QED) is 0.557. The van der Waals surface area contributed by atoms with E-state index in [1.54, 1.807) is 12.1 Å². The maximum absolute atomic E-state index is 12.1. The number of amides is 1. The molecule has 0 aromatic carbocycles. The fourth-order valence-electron chi connectivity index (χ4n) is 1.95. The molecule has 1 saturated heterocycles. The highest BCUT2D eigenvalue weighted by Gasteiger charge is 2.22. The topological polar surface area (TPSA) is 87.4 Å². The van der Waals surface area contributed by atoms with Crippen LogP contribution in [0, 0.1) is 0 Å². The molecule has 0 atom stereocenters. The van der Waals surface area contributed by atoms with E-state index in [0.717, 1.165) is 32.7 Å². The summed E-state index contributed by atoms with van der Waals surface area (Å²) in [5.74, 6) is 5.57. The number of nitrogen functional groups attached to an aromatic ring is 1. The van der Waals surface area contributed by atoms with Crippen LogP contribution in [0.15, 0.2) is 12.1 Å². The molecule has 0 aliphatic carbocycles. The van der Waals surface area contributed by atoms with Gasteiger partial charge in [-0.15, -0.1) is 10.2 Å². The van der Waals surface area contributed by atoms with Crippen molar-refractivity contribution in [2.75, 3.05) is 38.1 Å². The summed E-state index contributed by atoms with van der Waals surface area (Å²) >= 11 is 0. The van der Waals surface area contributed by atoms with Crippen molar-refractivity contribution in [3.05, 3.63) is 17.8 Å². The largest absolute Gasteiger partial charge is 0.335 e. The third-order valence-electron chi connectivity index (χ3n) is 3.14. The van der Waals surface area contributed by atoms with Crippen LogP contribution in [0.4, 0.5) is 5.82 Å². The average molecular weight is 250 g/mol. The summed E-state index contributed by atoms with van der Waals surface area (Å²) in [6, 6.07) is 3.28. The smallest absolute Gasteiger partial charge is 0.274 e. The second-order valence-corrected chi connectivity index (χ2v) is 4.17. The van der Waals surface area contributed by atoms with Crippen molar-refractivity contribution >= 4 is 11.7 Å². The monoisotopic (exact) mass is 250 g/mol. The second-order valence-electron chi connectivity index (χ2n) is 4.17. The number of hydrazine groups is 1. The number of nitrogens with zero attached hydrogens (tertiary/aromatic N) is 4. The summed E-state index contributed by atoms with van der Waals surface area (Å²) in [7, 11) is 0. The fourth-order valence-corrected chi connectivity index (χ4v) is 1.95. The van der Waals surface area contributed by atoms with Crippen molar-refractivity contribution in [3.8, 4) is 0 Å². The number of piperazine rings is 1. The lowest BCUT2D eigenvalue weighted by molar-refractivity contribution is 0.0636. The highest BCUT2D eigenvalue weighted by molar-refractivity contribution is 5.92. The van der Waals surface area contributed by atoms with Crippen LogP contribution in [0.5, 0.6) is 0 Å². The van der Waals surface area contributed by atoms with Crippen LogP contribution in [0.2, 0.25) is 0 Å². The van der Waals surface area contributed by atoms with Gasteiger partial charge in [0.05, 0.1) is 0 Å². The third kappa shape index (κ3) is 2.74. The molecule has 3 N–H and O–H groups in total. The zero-order chi connectivity index (χ0) is 13.0. The molecule has 0 radical (unpaired) electrons.